The summed E-state index contributed by atoms with van der Waals surface area (Å²) in [5, 5.41) is 9.98. The highest BCUT2D eigenvalue weighted by Crippen LogP contribution is 2.21. The van der Waals surface area contributed by atoms with Crippen LogP contribution < -0.4 is 5.73 Å². The van der Waals surface area contributed by atoms with Crippen LogP contribution in [0.25, 0.3) is 5.65 Å². The summed E-state index contributed by atoms with van der Waals surface area (Å²) < 4.78 is 1.88. The van der Waals surface area contributed by atoms with E-state index >= 15 is 0 Å². The Morgan fingerprint density at radius 3 is 2.87 bits per heavy atom. The van der Waals surface area contributed by atoms with Crippen molar-refractivity contribution in [2.75, 3.05) is 0 Å². The molecule has 0 bridgehead atoms. The summed E-state index contributed by atoms with van der Waals surface area (Å²) in [5.41, 5.74) is 8.14. The number of hydrogen-bond acceptors (Lipinski definition) is 3. The van der Waals surface area contributed by atoms with E-state index in [1.54, 1.807) is 6.92 Å². The fourth-order valence-corrected chi connectivity index (χ4v) is 1.74. The second kappa shape index (κ2) is 3.64. The molecular formula is C11H15N3O. The quantitative estimate of drug-likeness (QED) is 0.769. The predicted molar refractivity (Wildman–Crippen MR) is 58.5 cm³/mol. The predicted octanol–water partition coefficient (Wildman–Crippen LogP) is 1.02. The van der Waals surface area contributed by atoms with Gasteiger partial charge in [-0.25, -0.2) is 4.98 Å². The van der Waals surface area contributed by atoms with Gasteiger partial charge in [-0.15, -0.1) is 0 Å². The molecule has 0 aromatic carbocycles. The second-order valence-corrected chi connectivity index (χ2v) is 3.82. The van der Waals surface area contributed by atoms with Gasteiger partial charge in [0.05, 0.1) is 11.4 Å². The standard InChI is InChI=1S/C11H15N3O/c1-7(12)11(15)10-8(2)13-9-5-3-4-6-14(9)10/h3-7,11,15H,12H2,1-2H3. The van der Waals surface area contributed by atoms with Crippen LogP contribution in [0.5, 0.6) is 0 Å². The lowest BCUT2D eigenvalue weighted by Crippen LogP contribution is -2.26. The minimum atomic E-state index is -0.678. The van der Waals surface area contributed by atoms with Crippen LogP contribution in [0, 0.1) is 6.92 Å². The molecular weight excluding hydrogens is 190 g/mol. The van der Waals surface area contributed by atoms with E-state index in [9.17, 15) is 5.11 Å². The van der Waals surface area contributed by atoms with Gasteiger partial charge in [0, 0.05) is 12.2 Å². The van der Waals surface area contributed by atoms with Gasteiger partial charge in [-0.05, 0) is 26.0 Å². The molecule has 15 heavy (non-hydrogen) atoms. The molecule has 0 aliphatic carbocycles. The van der Waals surface area contributed by atoms with Crippen molar-refractivity contribution in [3.05, 3.63) is 35.8 Å². The zero-order valence-corrected chi connectivity index (χ0v) is 8.88. The first-order chi connectivity index (χ1) is 7.11. The van der Waals surface area contributed by atoms with Gasteiger partial charge in [-0.1, -0.05) is 6.07 Å². The Labute approximate surface area is 88.4 Å². The van der Waals surface area contributed by atoms with Crippen LogP contribution in [-0.2, 0) is 0 Å². The van der Waals surface area contributed by atoms with Crippen LogP contribution >= 0.6 is 0 Å². The molecule has 0 saturated heterocycles. The molecule has 2 aromatic rings. The molecule has 2 atom stereocenters. The summed E-state index contributed by atoms with van der Waals surface area (Å²) in [5.74, 6) is 0. The van der Waals surface area contributed by atoms with E-state index in [1.807, 2.05) is 35.7 Å². The van der Waals surface area contributed by atoms with Crippen molar-refractivity contribution >= 4 is 5.65 Å². The van der Waals surface area contributed by atoms with Crippen LogP contribution in [0.15, 0.2) is 24.4 Å². The monoisotopic (exact) mass is 205 g/mol. The number of nitrogens with zero attached hydrogens (tertiary/aromatic N) is 2. The Kier molecular flexibility index (Phi) is 2.46. The Balaban J connectivity index is 2.63. The largest absolute Gasteiger partial charge is 0.385 e. The molecule has 2 unspecified atom stereocenters. The first-order valence-corrected chi connectivity index (χ1v) is 4.98. The van der Waals surface area contributed by atoms with Gasteiger partial charge in [-0.2, -0.15) is 0 Å². The van der Waals surface area contributed by atoms with E-state index in [4.69, 9.17) is 5.73 Å². The number of pyridine rings is 1. The van der Waals surface area contributed by atoms with Gasteiger partial charge in [0.2, 0.25) is 0 Å². The van der Waals surface area contributed by atoms with Crippen molar-refractivity contribution in [3.8, 4) is 0 Å². The minimum Gasteiger partial charge on any atom is -0.385 e. The van der Waals surface area contributed by atoms with Crippen LogP contribution in [-0.4, -0.2) is 20.5 Å². The average molecular weight is 205 g/mol. The molecule has 4 nitrogen and oxygen atoms in total. The highest BCUT2D eigenvalue weighted by Gasteiger charge is 2.19. The molecule has 0 saturated carbocycles. The van der Waals surface area contributed by atoms with Crippen molar-refractivity contribution in [3.63, 3.8) is 0 Å². The molecule has 0 spiro atoms. The lowest BCUT2D eigenvalue weighted by molar-refractivity contribution is 0.147. The van der Waals surface area contributed by atoms with Crippen LogP contribution in [0.1, 0.15) is 24.4 Å². The summed E-state index contributed by atoms with van der Waals surface area (Å²) in [4.78, 5) is 4.36. The van der Waals surface area contributed by atoms with Crippen molar-refractivity contribution in [1.82, 2.24) is 9.38 Å². The van der Waals surface area contributed by atoms with Crippen LogP contribution in [0.3, 0.4) is 0 Å². The summed E-state index contributed by atoms with van der Waals surface area (Å²) in [7, 11) is 0. The number of nitrogens with two attached hydrogens (primary N) is 1. The first-order valence-electron chi connectivity index (χ1n) is 4.98. The van der Waals surface area contributed by atoms with Crippen LogP contribution in [0.2, 0.25) is 0 Å². The zero-order valence-electron chi connectivity index (χ0n) is 8.88. The molecule has 0 aliphatic rings. The zero-order chi connectivity index (χ0) is 11.0. The molecule has 2 aromatic heterocycles. The SMILES string of the molecule is Cc1nc2ccccn2c1C(O)C(C)N. The normalized spacial score (nSPS) is 15.5. The van der Waals surface area contributed by atoms with E-state index < -0.39 is 6.10 Å². The number of hydrogen-bond donors (Lipinski definition) is 2. The second-order valence-electron chi connectivity index (χ2n) is 3.82. The van der Waals surface area contributed by atoms with Gasteiger partial charge < -0.3 is 15.2 Å². The fraction of sp³-hybridized carbons (Fsp3) is 0.364. The summed E-state index contributed by atoms with van der Waals surface area (Å²) in [6, 6.07) is 5.43. The van der Waals surface area contributed by atoms with Gasteiger partial charge in [-0.3, -0.25) is 0 Å². The van der Waals surface area contributed by atoms with Crippen molar-refractivity contribution in [2.45, 2.75) is 26.0 Å². The lowest BCUT2D eigenvalue weighted by Gasteiger charge is -2.15. The smallest absolute Gasteiger partial charge is 0.137 e. The van der Waals surface area contributed by atoms with Crippen molar-refractivity contribution in [2.24, 2.45) is 5.73 Å². The molecule has 2 rings (SSSR count). The topological polar surface area (TPSA) is 63.5 Å². The van der Waals surface area contributed by atoms with Gasteiger partial charge in [0.1, 0.15) is 11.8 Å². The number of aryl methyl sites for hydroxylation is 1. The maximum absolute atomic E-state index is 9.98. The summed E-state index contributed by atoms with van der Waals surface area (Å²) in [6.07, 6.45) is 1.21. The Bertz CT molecular complexity index is 476. The number of imidazole rings is 1. The molecule has 0 amide bonds. The van der Waals surface area contributed by atoms with Gasteiger partial charge in [0.25, 0.3) is 0 Å². The van der Waals surface area contributed by atoms with E-state index in [0.29, 0.717) is 0 Å². The molecule has 0 radical (unpaired) electrons. The maximum atomic E-state index is 9.98. The van der Waals surface area contributed by atoms with E-state index in [2.05, 4.69) is 4.98 Å². The highest BCUT2D eigenvalue weighted by molar-refractivity contribution is 5.43. The van der Waals surface area contributed by atoms with Gasteiger partial charge in [0.15, 0.2) is 0 Å². The Morgan fingerprint density at radius 2 is 2.20 bits per heavy atom. The number of rotatable bonds is 2. The first kappa shape index (κ1) is 10.1. The minimum absolute atomic E-state index is 0.302. The van der Waals surface area contributed by atoms with Crippen molar-refractivity contribution in [1.29, 1.82) is 0 Å². The Morgan fingerprint density at radius 1 is 1.47 bits per heavy atom. The number of aliphatic hydroxyl groups is 1. The third kappa shape index (κ3) is 1.62. The van der Waals surface area contributed by atoms with E-state index in [0.717, 1.165) is 17.0 Å². The number of fused-ring (bicyclic) bond motifs is 1. The third-order valence-corrected chi connectivity index (χ3v) is 2.53. The molecule has 0 fully saturated rings. The Hall–Kier alpha value is -1.39. The number of aliphatic hydroxyl groups excluding tert-OH is 1. The van der Waals surface area contributed by atoms with Crippen molar-refractivity contribution < 1.29 is 5.11 Å². The van der Waals surface area contributed by atoms with Gasteiger partial charge >= 0.3 is 0 Å². The summed E-state index contributed by atoms with van der Waals surface area (Å²) in [6.45, 7) is 3.67. The molecule has 4 heteroatoms. The molecule has 2 heterocycles. The lowest BCUT2D eigenvalue weighted by atomic mass is 10.1. The van der Waals surface area contributed by atoms with E-state index in [1.165, 1.54) is 0 Å². The molecule has 80 valence electrons. The maximum Gasteiger partial charge on any atom is 0.137 e. The fourth-order valence-electron chi connectivity index (χ4n) is 1.74. The van der Waals surface area contributed by atoms with Crippen LogP contribution in [0.4, 0.5) is 0 Å². The van der Waals surface area contributed by atoms with E-state index in [-0.39, 0.29) is 6.04 Å². The average Bonchev–Trinajstić information content (AvgIpc) is 2.52. The molecule has 0 aliphatic heterocycles. The number of aromatic nitrogens is 2. The summed E-state index contributed by atoms with van der Waals surface area (Å²) >= 11 is 0. The highest BCUT2D eigenvalue weighted by atomic mass is 16.3. The third-order valence-electron chi connectivity index (χ3n) is 2.53. The molecule has 3 N–H and O–H groups in total.